The van der Waals surface area contributed by atoms with Gasteiger partial charge in [-0.25, -0.2) is 0 Å². The summed E-state index contributed by atoms with van der Waals surface area (Å²) in [4.78, 5) is 11.4. The second-order valence-electron chi connectivity index (χ2n) is 4.61. The fourth-order valence-corrected chi connectivity index (χ4v) is 2.85. The van der Waals surface area contributed by atoms with Crippen molar-refractivity contribution in [1.29, 1.82) is 0 Å². The Hall–Kier alpha value is -0.830. The number of nitrogens with two attached hydrogens (primary N) is 1. The molecule has 0 spiro atoms. The van der Waals surface area contributed by atoms with Crippen molar-refractivity contribution in [2.45, 2.75) is 44.8 Å². The van der Waals surface area contributed by atoms with Gasteiger partial charge in [0.1, 0.15) is 0 Å². The molecule has 2 fully saturated rings. The van der Waals surface area contributed by atoms with Gasteiger partial charge in [0, 0.05) is 0 Å². The van der Waals surface area contributed by atoms with Crippen LogP contribution in [0.4, 0.5) is 0 Å². The monoisotopic (exact) mass is 209 g/mol. The Morgan fingerprint density at radius 2 is 2.40 bits per heavy atom. The maximum Gasteiger partial charge on any atom is 0.223 e. The number of allylic oxidation sites excluding steroid dienone is 2. The zero-order chi connectivity index (χ0) is 10.8. The van der Waals surface area contributed by atoms with Gasteiger partial charge in [-0.15, -0.1) is 0 Å². The molecule has 3 nitrogen and oxygen atoms in total. The molecule has 4 unspecified atom stereocenters. The molecule has 84 valence electrons. The van der Waals surface area contributed by atoms with Gasteiger partial charge in [0.2, 0.25) is 5.91 Å². The van der Waals surface area contributed by atoms with Crippen LogP contribution in [0.15, 0.2) is 12.2 Å². The lowest BCUT2D eigenvalue weighted by Crippen LogP contribution is -2.38. The molecule has 0 radical (unpaired) electrons. The third kappa shape index (κ3) is 2.07. The second kappa shape index (κ2) is 4.35. The van der Waals surface area contributed by atoms with Gasteiger partial charge in [0.05, 0.1) is 18.1 Å². The normalized spacial score (nSPS) is 36.2. The van der Waals surface area contributed by atoms with Crippen LogP contribution in [-0.2, 0) is 9.53 Å². The molecule has 2 N–H and O–H groups in total. The van der Waals surface area contributed by atoms with E-state index in [1.165, 1.54) is 6.42 Å². The van der Waals surface area contributed by atoms with E-state index < -0.39 is 0 Å². The number of amides is 1. The minimum atomic E-state index is -0.217. The number of hydrogen-bond acceptors (Lipinski definition) is 2. The number of primary amides is 1. The summed E-state index contributed by atoms with van der Waals surface area (Å²) >= 11 is 0. The number of carbonyl (C=O) groups excluding carboxylic acids is 1. The standard InChI is InChI=1S/C12H19NO2/c1-2-3-4-10(12(13)14)11-8-5-6-9(7-8)15-11/h2-3,8-11H,4-7H2,1H3,(H2,13,14). The molecule has 3 heteroatoms. The highest BCUT2D eigenvalue weighted by Crippen LogP contribution is 2.43. The number of rotatable bonds is 4. The molecule has 1 saturated carbocycles. The van der Waals surface area contributed by atoms with Crippen LogP contribution in [0.1, 0.15) is 32.6 Å². The van der Waals surface area contributed by atoms with Crippen LogP contribution in [0.5, 0.6) is 0 Å². The molecule has 1 saturated heterocycles. The van der Waals surface area contributed by atoms with Crippen LogP contribution in [0.2, 0.25) is 0 Å². The predicted octanol–water partition coefficient (Wildman–Crippen LogP) is 1.62. The summed E-state index contributed by atoms with van der Waals surface area (Å²) < 4.78 is 5.85. The Kier molecular flexibility index (Phi) is 3.10. The van der Waals surface area contributed by atoms with Crippen LogP contribution in [0, 0.1) is 11.8 Å². The van der Waals surface area contributed by atoms with Crippen molar-refractivity contribution in [3.63, 3.8) is 0 Å². The SMILES string of the molecule is CC=CCC(C(N)=O)C1OC2CCC1C2. The zero-order valence-electron chi connectivity index (χ0n) is 9.19. The zero-order valence-corrected chi connectivity index (χ0v) is 9.19. The number of fused-ring (bicyclic) bond motifs is 2. The minimum absolute atomic E-state index is 0.0810. The van der Waals surface area contributed by atoms with Crippen LogP contribution >= 0.6 is 0 Å². The van der Waals surface area contributed by atoms with E-state index >= 15 is 0 Å². The van der Waals surface area contributed by atoms with Crippen molar-refractivity contribution >= 4 is 5.91 Å². The van der Waals surface area contributed by atoms with E-state index in [0.717, 1.165) is 19.3 Å². The average Bonchev–Trinajstić information content (AvgIpc) is 2.79. The highest BCUT2D eigenvalue weighted by molar-refractivity contribution is 5.77. The molecule has 1 heterocycles. The van der Waals surface area contributed by atoms with Gasteiger partial charge in [-0.05, 0) is 38.5 Å². The third-order valence-electron chi connectivity index (χ3n) is 3.63. The summed E-state index contributed by atoms with van der Waals surface area (Å²) in [5.74, 6) is 0.222. The maximum atomic E-state index is 11.4. The van der Waals surface area contributed by atoms with Gasteiger partial charge in [0.25, 0.3) is 0 Å². The Labute approximate surface area is 90.7 Å². The van der Waals surface area contributed by atoms with E-state index in [-0.39, 0.29) is 17.9 Å². The lowest BCUT2D eigenvalue weighted by Gasteiger charge is -2.27. The number of carbonyl (C=O) groups is 1. The topological polar surface area (TPSA) is 52.3 Å². The van der Waals surface area contributed by atoms with Gasteiger partial charge in [-0.1, -0.05) is 12.2 Å². The first-order chi connectivity index (χ1) is 7.22. The third-order valence-corrected chi connectivity index (χ3v) is 3.63. The first kappa shape index (κ1) is 10.7. The summed E-state index contributed by atoms with van der Waals surface area (Å²) in [5.41, 5.74) is 5.44. The predicted molar refractivity (Wildman–Crippen MR) is 58.1 cm³/mol. The molecule has 2 bridgehead atoms. The minimum Gasteiger partial charge on any atom is -0.374 e. The number of ether oxygens (including phenoxy) is 1. The van der Waals surface area contributed by atoms with Crippen molar-refractivity contribution < 1.29 is 9.53 Å². The molecule has 0 aromatic heterocycles. The fourth-order valence-electron chi connectivity index (χ4n) is 2.85. The van der Waals surface area contributed by atoms with Gasteiger partial charge in [-0.3, -0.25) is 4.79 Å². The molecule has 0 aromatic carbocycles. The first-order valence-electron chi connectivity index (χ1n) is 5.78. The van der Waals surface area contributed by atoms with Gasteiger partial charge in [-0.2, -0.15) is 0 Å². The van der Waals surface area contributed by atoms with Crippen LogP contribution in [-0.4, -0.2) is 18.1 Å². The lowest BCUT2D eigenvalue weighted by molar-refractivity contribution is -0.129. The molecule has 1 aliphatic heterocycles. The molecule has 2 aliphatic rings. The highest BCUT2D eigenvalue weighted by Gasteiger charge is 2.45. The second-order valence-corrected chi connectivity index (χ2v) is 4.61. The quantitative estimate of drug-likeness (QED) is 0.715. The summed E-state index contributed by atoms with van der Waals surface area (Å²) in [7, 11) is 0. The molecule has 1 aliphatic carbocycles. The first-order valence-corrected chi connectivity index (χ1v) is 5.78. The molecule has 1 amide bonds. The van der Waals surface area contributed by atoms with Crippen molar-refractivity contribution in [3.8, 4) is 0 Å². The van der Waals surface area contributed by atoms with E-state index in [1.807, 2.05) is 19.1 Å². The van der Waals surface area contributed by atoms with Gasteiger partial charge < -0.3 is 10.5 Å². The van der Waals surface area contributed by atoms with E-state index in [4.69, 9.17) is 10.5 Å². The molecular formula is C12H19NO2. The van der Waals surface area contributed by atoms with E-state index in [2.05, 4.69) is 0 Å². The largest absolute Gasteiger partial charge is 0.374 e. The summed E-state index contributed by atoms with van der Waals surface area (Å²) in [6.07, 6.45) is 8.66. The molecule has 0 aromatic rings. The Balaban J connectivity index is 2.02. The Bertz CT molecular complexity index is 275. The van der Waals surface area contributed by atoms with Crippen molar-refractivity contribution in [2.24, 2.45) is 17.6 Å². The molecular weight excluding hydrogens is 190 g/mol. The Morgan fingerprint density at radius 1 is 1.60 bits per heavy atom. The van der Waals surface area contributed by atoms with E-state index in [1.54, 1.807) is 0 Å². The fraction of sp³-hybridized carbons (Fsp3) is 0.750. The number of hydrogen-bond donors (Lipinski definition) is 1. The van der Waals surface area contributed by atoms with Crippen LogP contribution in [0.25, 0.3) is 0 Å². The summed E-state index contributed by atoms with van der Waals surface area (Å²) in [6.45, 7) is 1.96. The summed E-state index contributed by atoms with van der Waals surface area (Å²) in [5, 5.41) is 0. The van der Waals surface area contributed by atoms with Gasteiger partial charge >= 0.3 is 0 Å². The molecule has 15 heavy (non-hydrogen) atoms. The van der Waals surface area contributed by atoms with Crippen molar-refractivity contribution in [3.05, 3.63) is 12.2 Å². The van der Waals surface area contributed by atoms with Gasteiger partial charge in [0.15, 0.2) is 0 Å². The van der Waals surface area contributed by atoms with Crippen LogP contribution in [0.3, 0.4) is 0 Å². The van der Waals surface area contributed by atoms with E-state index in [0.29, 0.717) is 12.0 Å². The summed E-state index contributed by atoms with van der Waals surface area (Å²) in [6, 6.07) is 0. The van der Waals surface area contributed by atoms with Crippen molar-refractivity contribution in [1.82, 2.24) is 0 Å². The average molecular weight is 209 g/mol. The molecule has 2 rings (SSSR count). The Morgan fingerprint density at radius 3 is 2.87 bits per heavy atom. The van der Waals surface area contributed by atoms with Crippen LogP contribution < -0.4 is 5.73 Å². The smallest absolute Gasteiger partial charge is 0.223 e. The van der Waals surface area contributed by atoms with E-state index in [9.17, 15) is 4.79 Å². The maximum absolute atomic E-state index is 11.4. The lowest BCUT2D eigenvalue weighted by atomic mass is 9.87. The van der Waals surface area contributed by atoms with Crippen molar-refractivity contribution in [2.75, 3.05) is 0 Å². The highest BCUT2D eigenvalue weighted by atomic mass is 16.5. The molecule has 4 atom stereocenters.